The van der Waals surface area contributed by atoms with Crippen LogP contribution in [0.4, 0.5) is 0 Å². The van der Waals surface area contributed by atoms with Crippen LogP contribution in [0.1, 0.15) is 15.2 Å². The molecule has 0 bridgehead atoms. The fourth-order valence-electron chi connectivity index (χ4n) is 2.69. The molecule has 0 spiro atoms. The molecule has 0 aliphatic heterocycles. The number of rotatable bonds is 7. The average molecular weight is 372 g/mol. The van der Waals surface area contributed by atoms with E-state index < -0.39 is 5.97 Å². The lowest BCUT2D eigenvalue weighted by molar-refractivity contribution is 0.0602. The maximum atomic E-state index is 12.2. The monoisotopic (exact) mass is 372 g/mol. The Balaban J connectivity index is 1.95. The molecule has 3 aromatic rings. The van der Waals surface area contributed by atoms with Crippen molar-refractivity contribution >= 4 is 27.4 Å². The molecule has 0 unspecified atom stereocenters. The van der Waals surface area contributed by atoms with Gasteiger partial charge in [-0.2, -0.15) is 0 Å². The van der Waals surface area contributed by atoms with Gasteiger partial charge in [0.25, 0.3) is 0 Å². The van der Waals surface area contributed by atoms with Gasteiger partial charge in [-0.25, -0.2) is 4.79 Å². The Kier molecular flexibility index (Phi) is 5.63. The smallest absolute Gasteiger partial charge is 0.351 e. The number of carbonyl (C=O) groups is 1. The van der Waals surface area contributed by atoms with Crippen LogP contribution in [0.5, 0.6) is 17.2 Å². The van der Waals surface area contributed by atoms with E-state index in [0.29, 0.717) is 28.7 Å². The third-order valence-electron chi connectivity index (χ3n) is 4.00. The maximum Gasteiger partial charge on any atom is 0.351 e. The predicted octanol–water partition coefficient (Wildman–Crippen LogP) is 4.33. The molecule has 3 rings (SSSR count). The summed E-state index contributed by atoms with van der Waals surface area (Å²) in [4.78, 5) is 12.6. The minimum absolute atomic E-state index is 0.418. The topological polar surface area (TPSA) is 54.0 Å². The second-order valence-corrected chi connectivity index (χ2v) is 6.59. The van der Waals surface area contributed by atoms with Crippen LogP contribution in [0, 0.1) is 0 Å². The average Bonchev–Trinajstić information content (AvgIpc) is 3.04. The zero-order valence-electron chi connectivity index (χ0n) is 14.9. The van der Waals surface area contributed by atoms with Crippen LogP contribution in [-0.4, -0.2) is 33.9 Å². The fraction of sp³-hybridized carbons (Fsp3) is 0.250. The number of carbonyl (C=O) groups excluding carboxylic acids is 1. The highest BCUT2D eigenvalue weighted by Crippen LogP contribution is 2.43. The Morgan fingerprint density at radius 3 is 2.35 bits per heavy atom. The van der Waals surface area contributed by atoms with Gasteiger partial charge in [0, 0.05) is 22.6 Å². The third kappa shape index (κ3) is 3.60. The molecule has 26 heavy (non-hydrogen) atoms. The lowest BCUT2D eigenvalue weighted by Gasteiger charge is -2.10. The normalized spacial score (nSPS) is 10.6. The summed E-state index contributed by atoms with van der Waals surface area (Å²) in [6.45, 7) is 0.453. The third-order valence-corrected chi connectivity index (χ3v) is 5.11. The van der Waals surface area contributed by atoms with Gasteiger partial charge >= 0.3 is 5.97 Å². The van der Waals surface area contributed by atoms with E-state index in [2.05, 4.69) is 0 Å². The molecular formula is C20H20O5S. The quantitative estimate of drug-likeness (QED) is 0.578. The molecule has 0 radical (unpaired) electrons. The summed E-state index contributed by atoms with van der Waals surface area (Å²) in [6.07, 6.45) is 0.742. The van der Waals surface area contributed by atoms with Crippen LogP contribution in [0.2, 0.25) is 0 Å². The molecule has 6 heteroatoms. The number of thiophene rings is 1. The molecule has 0 aliphatic rings. The van der Waals surface area contributed by atoms with E-state index in [1.165, 1.54) is 24.0 Å². The summed E-state index contributed by atoms with van der Waals surface area (Å²) in [5.74, 6) is 1.29. The first-order chi connectivity index (χ1) is 12.7. The highest BCUT2D eigenvalue weighted by Gasteiger charge is 2.22. The van der Waals surface area contributed by atoms with Gasteiger partial charge < -0.3 is 18.9 Å². The number of hydrogen-bond donors (Lipinski definition) is 0. The van der Waals surface area contributed by atoms with E-state index in [4.69, 9.17) is 18.9 Å². The first kappa shape index (κ1) is 18.1. The Morgan fingerprint density at radius 2 is 1.69 bits per heavy atom. The number of fused-ring (bicyclic) bond motifs is 1. The Labute approximate surface area is 156 Å². The Bertz CT molecular complexity index is 901. The van der Waals surface area contributed by atoms with Crippen molar-refractivity contribution < 1.29 is 23.7 Å². The molecule has 0 fully saturated rings. The molecule has 136 valence electrons. The lowest BCUT2D eigenvalue weighted by Crippen LogP contribution is -2.05. The highest BCUT2D eigenvalue weighted by atomic mass is 32.1. The zero-order valence-corrected chi connectivity index (χ0v) is 15.7. The summed E-state index contributed by atoms with van der Waals surface area (Å²) in [7, 11) is 4.52. The minimum atomic E-state index is -0.418. The van der Waals surface area contributed by atoms with Crippen molar-refractivity contribution in [3.8, 4) is 17.2 Å². The van der Waals surface area contributed by atoms with E-state index in [-0.39, 0.29) is 0 Å². The van der Waals surface area contributed by atoms with Crippen molar-refractivity contribution in [3.63, 3.8) is 0 Å². The molecule has 0 atom stereocenters. The van der Waals surface area contributed by atoms with Gasteiger partial charge in [0.05, 0.1) is 27.9 Å². The molecule has 5 nitrogen and oxygen atoms in total. The maximum absolute atomic E-state index is 12.2. The largest absolute Gasteiger partial charge is 0.493 e. The fourth-order valence-corrected chi connectivity index (χ4v) is 3.76. The van der Waals surface area contributed by atoms with E-state index in [1.807, 2.05) is 42.5 Å². The van der Waals surface area contributed by atoms with Crippen molar-refractivity contribution in [2.24, 2.45) is 0 Å². The summed E-state index contributed by atoms with van der Waals surface area (Å²) in [5.41, 5.74) is 1.17. The predicted molar refractivity (Wildman–Crippen MR) is 102 cm³/mol. The van der Waals surface area contributed by atoms with Gasteiger partial charge in [-0.05, 0) is 11.6 Å². The van der Waals surface area contributed by atoms with Crippen molar-refractivity contribution in [1.82, 2.24) is 0 Å². The van der Waals surface area contributed by atoms with Gasteiger partial charge in [-0.3, -0.25) is 0 Å². The van der Waals surface area contributed by atoms with Crippen LogP contribution in [0.15, 0.2) is 42.5 Å². The minimum Gasteiger partial charge on any atom is -0.493 e. The van der Waals surface area contributed by atoms with Crippen molar-refractivity contribution in [3.05, 3.63) is 52.9 Å². The van der Waals surface area contributed by atoms with E-state index in [1.54, 1.807) is 14.2 Å². The summed E-state index contributed by atoms with van der Waals surface area (Å²) in [6, 6.07) is 13.7. The van der Waals surface area contributed by atoms with Crippen molar-refractivity contribution in [2.45, 2.75) is 6.42 Å². The second kappa shape index (κ2) is 8.10. The molecule has 0 saturated carbocycles. The molecule has 0 saturated heterocycles. The van der Waals surface area contributed by atoms with Crippen molar-refractivity contribution in [2.75, 3.05) is 27.9 Å². The standard InChI is InChI=1S/C20H20O5S/c1-22-15-11-14-17(12-16(15)23-2)26-19(20(21)24-3)18(14)25-10-9-13-7-5-4-6-8-13/h4-8,11-12H,9-10H2,1-3H3. The molecular weight excluding hydrogens is 352 g/mol. The molecule has 2 aromatic carbocycles. The molecule has 0 aliphatic carbocycles. The van der Waals surface area contributed by atoms with Gasteiger partial charge in [0.15, 0.2) is 22.1 Å². The summed E-state index contributed by atoms with van der Waals surface area (Å²) < 4.78 is 22.5. The van der Waals surface area contributed by atoms with E-state index in [0.717, 1.165) is 16.5 Å². The molecule has 0 amide bonds. The van der Waals surface area contributed by atoms with Crippen LogP contribution < -0.4 is 14.2 Å². The number of methoxy groups -OCH3 is 3. The van der Waals surface area contributed by atoms with E-state index >= 15 is 0 Å². The lowest BCUT2D eigenvalue weighted by atomic mass is 10.2. The number of ether oxygens (including phenoxy) is 4. The Morgan fingerprint density at radius 1 is 1.00 bits per heavy atom. The Hall–Kier alpha value is -2.73. The van der Waals surface area contributed by atoms with Crippen LogP contribution in [-0.2, 0) is 11.2 Å². The van der Waals surface area contributed by atoms with E-state index in [9.17, 15) is 4.79 Å². The number of hydrogen-bond acceptors (Lipinski definition) is 6. The van der Waals surface area contributed by atoms with Crippen LogP contribution >= 0.6 is 11.3 Å². The van der Waals surface area contributed by atoms with Gasteiger partial charge in [-0.1, -0.05) is 30.3 Å². The SMILES string of the molecule is COC(=O)c1sc2cc(OC)c(OC)cc2c1OCCc1ccccc1. The number of esters is 1. The van der Waals surface area contributed by atoms with Gasteiger partial charge in [-0.15, -0.1) is 11.3 Å². The first-order valence-electron chi connectivity index (χ1n) is 8.11. The van der Waals surface area contributed by atoms with Crippen LogP contribution in [0.25, 0.3) is 10.1 Å². The van der Waals surface area contributed by atoms with Crippen LogP contribution in [0.3, 0.4) is 0 Å². The molecule has 0 N–H and O–H groups in total. The second-order valence-electron chi connectivity index (χ2n) is 5.54. The number of benzene rings is 2. The summed E-state index contributed by atoms with van der Waals surface area (Å²) in [5, 5.41) is 0.807. The van der Waals surface area contributed by atoms with Crippen molar-refractivity contribution in [1.29, 1.82) is 0 Å². The zero-order chi connectivity index (χ0) is 18.5. The highest BCUT2D eigenvalue weighted by molar-refractivity contribution is 7.21. The molecule has 1 aromatic heterocycles. The summed E-state index contributed by atoms with van der Waals surface area (Å²) >= 11 is 1.32. The van der Waals surface area contributed by atoms with Gasteiger partial charge in [0.1, 0.15) is 0 Å². The van der Waals surface area contributed by atoms with Gasteiger partial charge in [0.2, 0.25) is 0 Å². The molecule has 1 heterocycles. The first-order valence-corrected chi connectivity index (χ1v) is 8.93.